The molecular weight excluding hydrogens is 202 g/mol. The van der Waals surface area contributed by atoms with Gasteiger partial charge in [-0.25, -0.2) is 0 Å². The van der Waals surface area contributed by atoms with Crippen LogP contribution in [0.4, 0.5) is 0 Å². The van der Waals surface area contributed by atoms with Crippen molar-refractivity contribution in [3.63, 3.8) is 0 Å². The lowest BCUT2D eigenvalue weighted by Gasteiger charge is -2.06. The standard InChI is InChI=1S/C9H8ClN3O/c10-8-3-1-2-6-4-7(5-12-13-11)14-9(6)8/h1-3,7H,4-5H2/t7-/m1/s1. The van der Waals surface area contributed by atoms with Crippen LogP contribution < -0.4 is 4.74 Å². The molecule has 0 aromatic heterocycles. The lowest BCUT2D eigenvalue weighted by atomic mass is 10.1. The van der Waals surface area contributed by atoms with Crippen molar-refractivity contribution in [1.82, 2.24) is 0 Å². The maximum Gasteiger partial charge on any atom is 0.141 e. The molecule has 14 heavy (non-hydrogen) atoms. The van der Waals surface area contributed by atoms with Crippen molar-refractivity contribution in [3.8, 4) is 5.75 Å². The zero-order chi connectivity index (χ0) is 9.97. The molecule has 4 nitrogen and oxygen atoms in total. The van der Waals surface area contributed by atoms with Gasteiger partial charge >= 0.3 is 0 Å². The van der Waals surface area contributed by atoms with E-state index < -0.39 is 0 Å². The van der Waals surface area contributed by atoms with Gasteiger partial charge in [0.05, 0.1) is 11.6 Å². The summed E-state index contributed by atoms with van der Waals surface area (Å²) in [6.07, 6.45) is 0.690. The Balaban J connectivity index is 2.17. The van der Waals surface area contributed by atoms with Crippen LogP contribution in [0.3, 0.4) is 0 Å². The van der Waals surface area contributed by atoms with Gasteiger partial charge < -0.3 is 4.74 Å². The summed E-state index contributed by atoms with van der Waals surface area (Å²) in [5.41, 5.74) is 9.25. The topological polar surface area (TPSA) is 58.0 Å². The lowest BCUT2D eigenvalue weighted by Crippen LogP contribution is -2.16. The van der Waals surface area contributed by atoms with Crippen LogP contribution in [-0.2, 0) is 6.42 Å². The highest BCUT2D eigenvalue weighted by Gasteiger charge is 2.23. The van der Waals surface area contributed by atoms with Gasteiger partial charge in [0.2, 0.25) is 0 Å². The van der Waals surface area contributed by atoms with E-state index in [4.69, 9.17) is 21.9 Å². The number of para-hydroxylation sites is 1. The first-order chi connectivity index (χ1) is 6.81. The second-order valence-corrected chi connectivity index (χ2v) is 3.49. The Morgan fingerprint density at radius 2 is 2.50 bits per heavy atom. The van der Waals surface area contributed by atoms with Gasteiger partial charge in [-0.2, -0.15) is 0 Å². The summed E-state index contributed by atoms with van der Waals surface area (Å²) >= 11 is 5.94. The van der Waals surface area contributed by atoms with Crippen LogP contribution >= 0.6 is 11.6 Å². The zero-order valence-electron chi connectivity index (χ0n) is 7.35. The second-order valence-electron chi connectivity index (χ2n) is 3.09. The van der Waals surface area contributed by atoms with Gasteiger partial charge in [0.15, 0.2) is 0 Å². The number of nitrogens with zero attached hydrogens (tertiary/aromatic N) is 3. The van der Waals surface area contributed by atoms with E-state index in [-0.39, 0.29) is 6.10 Å². The van der Waals surface area contributed by atoms with Crippen molar-refractivity contribution in [1.29, 1.82) is 0 Å². The average Bonchev–Trinajstić information content (AvgIpc) is 2.59. The highest BCUT2D eigenvalue weighted by atomic mass is 35.5. The van der Waals surface area contributed by atoms with E-state index in [1.807, 2.05) is 12.1 Å². The monoisotopic (exact) mass is 209 g/mol. The molecule has 1 aliphatic rings. The van der Waals surface area contributed by atoms with Crippen LogP contribution in [0, 0.1) is 0 Å². The van der Waals surface area contributed by atoms with Gasteiger partial charge in [-0.05, 0) is 17.2 Å². The molecule has 0 fully saturated rings. The van der Waals surface area contributed by atoms with Gasteiger partial charge in [0, 0.05) is 11.3 Å². The van der Waals surface area contributed by atoms with Crippen molar-refractivity contribution in [3.05, 3.63) is 39.2 Å². The van der Waals surface area contributed by atoms with Crippen molar-refractivity contribution < 1.29 is 4.74 Å². The summed E-state index contributed by atoms with van der Waals surface area (Å²) in [7, 11) is 0. The molecule has 0 N–H and O–H groups in total. The number of hydrogen-bond acceptors (Lipinski definition) is 2. The van der Waals surface area contributed by atoms with Crippen LogP contribution in [0.2, 0.25) is 5.02 Å². The molecule has 0 bridgehead atoms. The molecule has 2 rings (SSSR count). The molecule has 0 amide bonds. The maximum absolute atomic E-state index is 8.17. The minimum absolute atomic E-state index is 0.0687. The Labute approximate surface area is 86.1 Å². The number of azide groups is 1. The molecule has 1 aromatic carbocycles. The summed E-state index contributed by atoms with van der Waals surface area (Å²) in [6.45, 7) is 0.349. The minimum Gasteiger partial charge on any atom is -0.488 e. The van der Waals surface area contributed by atoms with E-state index in [1.54, 1.807) is 6.07 Å². The minimum atomic E-state index is -0.0687. The second kappa shape index (κ2) is 3.78. The maximum atomic E-state index is 8.17. The fourth-order valence-corrected chi connectivity index (χ4v) is 1.77. The fraction of sp³-hybridized carbons (Fsp3) is 0.333. The SMILES string of the molecule is [N-]=[N+]=NC[C@H]1Cc2cccc(Cl)c2O1. The number of rotatable bonds is 2. The number of fused-ring (bicyclic) bond motifs is 1. The highest BCUT2D eigenvalue weighted by Crippen LogP contribution is 2.35. The molecule has 1 heterocycles. The number of halogens is 1. The molecular formula is C9H8ClN3O. The Kier molecular flexibility index (Phi) is 2.48. The smallest absolute Gasteiger partial charge is 0.141 e. The van der Waals surface area contributed by atoms with Gasteiger partial charge in [0.1, 0.15) is 11.9 Å². The first-order valence-corrected chi connectivity index (χ1v) is 4.64. The zero-order valence-corrected chi connectivity index (χ0v) is 8.11. The van der Waals surface area contributed by atoms with E-state index in [1.165, 1.54) is 0 Å². The van der Waals surface area contributed by atoms with Crippen molar-refractivity contribution in [2.24, 2.45) is 5.11 Å². The molecule has 0 saturated heterocycles. The average molecular weight is 210 g/mol. The summed E-state index contributed by atoms with van der Waals surface area (Å²) in [5.74, 6) is 0.729. The van der Waals surface area contributed by atoms with Gasteiger partial charge in [0.25, 0.3) is 0 Å². The third-order valence-corrected chi connectivity index (χ3v) is 2.43. The fourth-order valence-electron chi connectivity index (χ4n) is 1.53. The van der Waals surface area contributed by atoms with E-state index in [9.17, 15) is 0 Å². The third-order valence-electron chi connectivity index (χ3n) is 2.13. The quantitative estimate of drug-likeness (QED) is 0.420. The summed E-state index contributed by atoms with van der Waals surface area (Å²) in [6, 6.07) is 5.65. The Morgan fingerprint density at radius 3 is 3.21 bits per heavy atom. The van der Waals surface area contributed by atoms with Gasteiger partial charge in [-0.15, -0.1) is 0 Å². The van der Waals surface area contributed by atoms with Crippen LogP contribution in [0.5, 0.6) is 5.75 Å². The third kappa shape index (κ3) is 1.62. The van der Waals surface area contributed by atoms with Crippen LogP contribution in [0.1, 0.15) is 5.56 Å². The number of ether oxygens (including phenoxy) is 1. The Hall–Kier alpha value is -1.38. The van der Waals surface area contributed by atoms with E-state index >= 15 is 0 Å². The van der Waals surface area contributed by atoms with Crippen LogP contribution in [-0.4, -0.2) is 12.6 Å². The molecule has 1 aromatic rings. The molecule has 1 atom stereocenters. The molecule has 72 valence electrons. The molecule has 0 saturated carbocycles. The van der Waals surface area contributed by atoms with Crippen molar-refractivity contribution in [2.75, 3.05) is 6.54 Å². The molecule has 0 aliphatic carbocycles. The van der Waals surface area contributed by atoms with Crippen LogP contribution in [0.15, 0.2) is 23.3 Å². The highest BCUT2D eigenvalue weighted by molar-refractivity contribution is 6.32. The largest absolute Gasteiger partial charge is 0.488 e. The summed E-state index contributed by atoms with van der Waals surface area (Å²) in [5, 5.41) is 4.10. The molecule has 1 aliphatic heterocycles. The summed E-state index contributed by atoms with van der Waals surface area (Å²) in [4.78, 5) is 2.70. The summed E-state index contributed by atoms with van der Waals surface area (Å²) < 4.78 is 5.54. The molecule has 5 heteroatoms. The van der Waals surface area contributed by atoms with Crippen molar-refractivity contribution in [2.45, 2.75) is 12.5 Å². The normalized spacial score (nSPS) is 18.2. The van der Waals surface area contributed by atoms with Gasteiger partial charge in [-0.3, -0.25) is 0 Å². The van der Waals surface area contributed by atoms with E-state index in [0.29, 0.717) is 11.6 Å². The van der Waals surface area contributed by atoms with Crippen LogP contribution in [0.25, 0.3) is 10.4 Å². The van der Waals surface area contributed by atoms with Gasteiger partial charge in [-0.1, -0.05) is 28.8 Å². The lowest BCUT2D eigenvalue weighted by molar-refractivity contribution is 0.241. The first-order valence-electron chi connectivity index (χ1n) is 4.26. The Morgan fingerprint density at radius 1 is 1.64 bits per heavy atom. The molecule has 0 radical (unpaired) electrons. The van der Waals surface area contributed by atoms with E-state index in [0.717, 1.165) is 17.7 Å². The predicted octanol–water partition coefficient (Wildman–Crippen LogP) is 2.95. The molecule has 0 unspecified atom stereocenters. The van der Waals surface area contributed by atoms with E-state index in [2.05, 4.69) is 10.0 Å². The molecule has 0 spiro atoms. The first kappa shape index (κ1) is 9.19. The number of benzene rings is 1. The predicted molar refractivity (Wildman–Crippen MR) is 53.6 cm³/mol. The van der Waals surface area contributed by atoms with Crippen molar-refractivity contribution >= 4 is 11.6 Å². The Bertz CT molecular complexity index is 401. The number of hydrogen-bond donors (Lipinski definition) is 0.